The van der Waals surface area contributed by atoms with Crippen LogP contribution in [0.3, 0.4) is 0 Å². The molecule has 1 fully saturated rings. The van der Waals surface area contributed by atoms with Crippen LogP contribution in [-0.4, -0.2) is 44.3 Å². The zero-order valence-electron chi connectivity index (χ0n) is 9.22. The van der Waals surface area contributed by atoms with Gasteiger partial charge in [-0.05, 0) is 32.5 Å². The van der Waals surface area contributed by atoms with Gasteiger partial charge in [-0.15, -0.1) is 0 Å². The van der Waals surface area contributed by atoms with E-state index in [4.69, 9.17) is 5.26 Å². The minimum absolute atomic E-state index is 0.194. The molecule has 1 rings (SSSR count). The van der Waals surface area contributed by atoms with Crippen LogP contribution in [0.4, 0.5) is 13.2 Å². The molecule has 0 spiro atoms. The van der Waals surface area contributed by atoms with Crippen molar-refractivity contribution in [3.63, 3.8) is 0 Å². The van der Waals surface area contributed by atoms with E-state index in [1.54, 1.807) is 4.90 Å². The lowest BCUT2D eigenvalue weighted by Crippen LogP contribution is -2.35. The van der Waals surface area contributed by atoms with Crippen molar-refractivity contribution in [2.24, 2.45) is 11.8 Å². The van der Waals surface area contributed by atoms with Crippen LogP contribution in [0.1, 0.15) is 6.42 Å². The van der Waals surface area contributed by atoms with Gasteiger partial charge in [0.1, 0.15) is 0 Å². The molecule has 0 aliphatic carbocycles. The summed E-state index contributed by atoms with van der Waals surface area (Å²) in [5.74, 6) is -1.46. The highest BCUT2D eigenvalue weighted by Crippen LogP contribution is 2.28. The zero-order valence-corrected chi connectivity index (χ0v) is 9.22. The Labute approximate surface area is 93.2 Å². The number of nitrogens with zero attached hydrogens (tertiary/aromatic N) is 2. The van der Waals surface area contributed by atoms with Crippen molar-refractivity contribution in [3.8, 4) is 6.07 Å². The van der Waals surface area contributed by atoms with Gasteiger partial charge in [-0.2, -0.15) is 18.4 Å². The Morgan fingerprint density at radius 2 is 2.25 bits per heavy atom. The van der Waals surface area contributed by atoms with Crippen LogP contribution in [0, 0.1) is 23.2 Å². The minimum atomic E-state index is -4.41. The Bertz CT molecular complexity index is 259. The van der Waals surface area contributed by atoms with Crippen LogP contribution in [0.5, 0.6) is 0 Å². The molecule has 0 aromatic heterocycles. The van der Waals surface area contributed by atoms with Gasteiger partial charge in [0.2, 0.25) is 0 Å². The molecule has 0 bridgehead atoms. The van der Waals surface area contributed by atoms with Gasteiger partial charge in [0.25, 0.3) is 0 Å². The predicted molar refractivity (Wildman–Crippen MR) is 53.6 cm³/mol. The van der Waals surface area contributed by atoms with Crippen molar-refractivity contribution < 1.29 is 13.2 Å². The van der Waals surface area contributed by atoms with E-state index < -0.39 is 12.1 Å². The van der Waals surface area contributed by atoms with Crippen molar-refractivity contribution in [3.05, 3.63) is 0 Å². The number of hydrogen-bond acceptors (Lipinski definition) is 3. The molecule has 0 amide bonds. The summed E-state index contributed by atoms with van der Waals surface area (Å²) in [5.41, 5.74) is 0. The fraction of sp³-hybridized carbons (Fsp3) is 0.900. The van der Waals surface area contributed by atoms with Gasteiger partial charge in [0.05, 0.1) is 6.07 Å². The lowest BCUT2D eigenvalue weighted by Gasteiger charge is -2.21. The van der Waals surface area contributed by atoms with Gasteiger partial charge in [0.15, 0.2) is 5.92 Å². The number of hydrogen-bond donors (Lipinski definition) is 1. The second-order valence-corrected chi connectivity index (χ2v) is 4.20. The van der Waals surface area contributed by atoms with Crippen LogP contribution < -0.4 is 5.32 Å². The number of nitriles is 1. The van der Waals surface area contributed by atoms with E-state index in [1.165, 1.54) is 6.07 Å². The third kappa shape index (κ3) is 3.65. The average Bonchev–Trinajstić information content (AvgIpc) is 2.61. The molecule has 16 heavy (non-hydrogen) atoms. The van der Waals surface area contributed by atoms with Crippen molar-refractivity contribution in [1.29, 1.82) is 5.26 Å². The van der Waals surface area contributed by atoms with Crippen LogP contribution >= 0.6 is 0 Å². The van der Waals surface area contributed by atoms with Crippen molar-refractivity contribution in [2.45, 2.75) is 12.6 Å². The van der Waals surface area contributed by atoms with Gasteiger partial charge in [0, 0.05) is 13.1 Å². The average molecular weight is 235 g/mol. The molecule has 1 aliphatic heterocycles. The molecule has 1 N–H and O–H groups in total. The van der Waals surface area contributed by atoms with E-state index in [2.05, 4.69) is 5.32 Å². The Morgan fingerprint density at radius 3 is 2.75 bits per heavy atom. The fourth-order valence-electron chi connectivity index (χ4n) is 2.01. The normalized spacial score (nSPS) is 24.3. The summed E-state index contributed by atoms with van der Waals surface area (Å²) >= 11 is 0. The molecule has 0 saturated carbocycles. The number of nitrogens with one attached hydrogen (secondary N) is 1. The summed E-state index contributed by atoms with van der Waals surface area (Å²) in [5, 5.41) is 11.5. The van der Waals surface area contributed by atoms with Gasteiger partial charge in [-0.1, -0.05) is 0 Å². The number of alkyl halides is 3. The summed E-state index contributed by atoms with van der Waals surface area (Å²) in [6.07, 6.45) is -3.51. The topological polar surface area (TPSA) is 39.1 Å². The molecule has 6 heteroatoms. The highest BCUT2D eigenvalue weighted by Gasteiger charge is 2.41. The smallest absolute Gasteiger partial charge is 0.319 e. The molecule has 2 unspecified atom stereocenters. The zero-order chi connectivity index (χ0) is 12.2. The molecule has 0 aromatic rings. The van der Waals surface area contributed by atoms with Gasteiger partial charge in [-0.3, -0.25) is 0 Å². The summed E-state index contributed by atoms with van der Waals surface area (Å²) in [4.78, 5) is 1.73. The highest BCUT2D eigenvalue weighted by atomic mass is 19.4. The first-order chi connectivity index (χ1) is 7.47. The summed E-state index contributed by atoms with van der Waals surface area (Å²) in [7, 11) is 1.83. The minimum Gasteiger partial charge on any atom is -0.319 e. The van der Waals surface area contributed by atoms with E-state index in [-0.39, 0.29) is 6.54 Å². The van der Waals surface area contributed by atoms with Crippen LogP contribution in [0.15, 0.2) is 0 Å². The predicted octanol–water partition coefficient (Wildman–Crippen LogP) is 1.23. The summed E-state index contributed by atoms with van der Waals surface area (Å²) < 4.78 is 37.1. The molecule has 0 aromatic carbocycles. The molecular weight excluding hydrogens is 219 g/mol. The third-order valence-corrected chi connectivity index (χ3v) is 2.85. The monoisotopic (exact) mass is 235 g/mol. The van der Waals surface area contributed by atoms with Gasteiger partial charge in [-0.25, -0.2) is 0 Å². The van der Waals surface area contributed by atoms with E-state index in [0.29, 0.717) is 19.0 Å². The molecule has 1 saturated heterocycles. The Balaban J connectivity index is 2.41. The molecular formula is C10H16F3N3. The maximum atomic E-state index is 12.4. The molecule has 3 nitrogen and oxygen atoms in total. The van der Waals surface area contributed by atoms with Gasteiger partial charge >= 0.3 is 6.18 Å². The van der Waals surface area contributed by atoms with Crippen LogP contribution in [-0.2, 0) is 0 Å². The quantitative estimate of drug-likeness (QED) is 0.796. The van der Waals surface area contributed by atoms with Crippen LogP contribution in [0.25, 0.3) is 0 Å². The first-order valence-electron chi connectivity index (χ1n) is 5.30. The first kappa shape index (κ1) is 13.3. The largest absolute Gasteiger partial charge is 0.405 e. The highest BCUT2D eigenvalue weighted by molar-refractivity contribution is 4.92. The number of rotatable bonds is 4. The fourth-order valence-corrected chi connectivity index (χ4v) is 2.01. The molecule has 92 valence electrons. The van der Waals surface area contributed by atoms with Crippen molar-refractivity contribution >= 4 is 0 Å². The van der Waals surface area contributed by atoms with Gasteiger partial charge < -0.3 is 10.2 Å². The second-order valence-electron chi connectivity index (χ2n) is 4.20. The Kier molecular flexibility index (Phi) is 4.56. The number of halogens is 3. The Morgan fingerprint density at radius 1 is 1.56 bits per heavy atom. The number of likely N-dealkylation sites (tertiary alicyclic amines) is 1. The van der Waals surface area contributed by atoms with Crippen LogP contribution in [0.2, 0.25) is 0 Å². The third-order valence-electron chi connectivity index (χ3n) is 2.85. The molecule has 1 aliphatic rings. The second kappa shape index (κ2) is 5.51. The maximum absolute atomic E-state index is 12.4. The molecule has 0 radical (unpaired) electrons. The Hall–Kier alpha value is -0.800. The lowest BCUT2D eigenvalue weighted by molar-refractivity contribution is -0.162. The standard InChI is InChI=1S/C10H16F3N3/c1-15-5-8-2-3-16(6-8)7-9(4-14)10(11,12)13/h8-9,15H,2-3,5-7H2,1H3. The van der Waals surface area contributed by atoms with E-state index in [1.807, 2.05) is 7.05 Å². The van der Waals surface area contributed by atoms with E-state index >= 15 is 0 Å². The SMILES string of the molecule is CNCC1CCN(CC(C#N)C(F)(F)F)C1. The summed E-state index contributed by atoms with van der Waals surface area (Å²) in [6.45, 7) is 1.93. The maximum Gasteiger partial charge on any atom is 0.405 e. The van der Waals surface area contributed by atoms with E-state index in [9.17, 15) is 13.2 Å². The lowest BCUT2D eigenvalue weighted by atomic mass is 10.1. The molecule has 2 atom stereocenters. The summed E-state index contributed by atoms with van der Waals surface area (Å²) in [6, 6.07) is 1.33. The first-order valence-corrected chi connectivity index (χ1v) is 5.30. The van der Waals surface area contributed by atoms with Crippen molar-refractivity contribution in [1.82, 2.24) is 10.2 Å². The molecule has 1 heterocycles. The van der Waals surface area contributed by atoms with E-state index in [0.717, 1.165) is 13.0 Å². The van der Waals surface area contributed by atoms with Crippen molar-refractivity contribution in [2.75, 3.05) is 33.2 Å².